The second kappa shape index (κ2) is 6.70. The highest BCUT2D eigenvalue weighted by Crippen LogP contribution is 2.31. The minimum atomic E-state index is -0.236. The molecule has 0 spiro atoms. The van der Waals surface area contributed by atoms with Gasteiger partial charge in [0.1, 0.15) is 11.6 Å². The molecule has 0 radical (unpaired) electrons. The zero-order chi connectivity index (χ0) is 15.4. The number of methoxy groups -OCH3 is 1. The van der Waals surface area contributed by atoms with Gasteiger partial charge in [-0.2, -0.15) is 0 Å². The molecule has 0 saturated heterocycles. The van der Waals surface area contributed by atoms with Crippen LogP contribution in [-0.4, -0.2) is 7.11 Å². The number of ether oxygens (including phenoxy) is 1. The van der Waals surface area contributed by atoms with E-state index in [0.717, 1.165) is 28.0 Å². The van der Waals surface area contributed by atoms with Crippen LogP contribution in [-0.2, 0) is 6.42 Å². The Balaban J connectivity index is 2.35. The number of rotatable bonds is 5. The Kier molecular flexibility index (Phi) is 4.94. The van der Waals surface area contributed by atoms with Crippen molar-refractivity contribution in [3.05, 3.63) is 64.5 Å². The third-order valence-electron chi connectivity index (χ3n) is 3.62. The summed E-state index contributed by atoms with van der Waals surface area (Å²) in [6.45, 7) is 4.07. The minimum Gasteiger partial charge on any atom is -0.496 e. The fourth-order valence-corrected chi connectivity index (χ4v) is 2.66. The molecule has 0 bridgehead atoms. The van der Waals surface area contributed by atoms with Gasteiger partial charge in [-0.1, -0.05) is 18.2 Å². The summed E-state index contributed by atoms with van der Waals surface area (Å²) < 4.78 is 18.5. The van der Waals surface area contributed by atoms with E-state index in [2.05, 4.69) is 11.5 Å². The number of halogens is 1. The second-order valence-electron chi connectivity index (χ2n) is 5.25. The maximum atomic E-state index is 13.0. The van der Waals surface area contributed by atoms with Crippen molar-refractivity contribution in [3.63, 3.8) is 0 Å². The molecule has 112 valence electrons. The van der Waals surface area contributed by atoms with E-state index in [0.29, 0.717) is 6.42 Å². The highest BCUT2D eigenvalue weighted by Gasteiger charge is 2.18. The average Bonchev–Trinajstić information content (AvgIpc) is 2.46. The van der Waals surface area contributed by atoms with Crippen molar-refractivity contribution in [1.82, 2.24) is 5.43 Å². The van der Waals surface area contributed by atoms with Crippen molar-refractivity contribution >= 4 is 0 Å². The average molecular weight is 288 g/mol. The number of hydrogen-bond donors (Lipinski definition) is 2. The summed E-state index contributed by atoms with van der Waals surface area (Å²) in [5.74, 6) is 6.31. The number of nitrogens with one attached hydrogen (secondary N) is 1. The lowest BCUT2D eigenvalue weighted by molar-refractivity contribution is 0.398. The van der Waals surface area contributed by atoms with E-state index in [1.165, 1.54) is 12.1 Å². The predicted octanol–water partition coefficient (Wildman–Crippen LogP) is 3.20. The number of nitrogens with two attached hydrogens (primary N) is 1. The van der Waals surface area contributed by atoms with Gasteiger partial charge in [0, 0.05) is 5.56 Å². The minimum absolute atomic E-state index is 0.0917. The Bertz CT molecular complexity index is 611. The van der Waals surface area contributed by atoms with Gasteiger partial charge in [0.25, 0.3) is 0 Å². The van der Waals surface area contributed by atoms with Gasteiger partial charge in [-0.3, -0.25) is 11.3 Å². The molecule has 0 aliphatic rings. The summed E-state index contributed by atoms with van der Waals surface area (Å²) in [4.78, 5) is 0. The number of benzene rings is 2. The zero-order valence-corrected chi connectivity index (χ0v) is 12.6. The quantitative estimate of drug-likeness (QED) is 0.656. The van der Waals surface area contributed by atoms with Gasteiger partial charge in [0.2, 0.25) is 0 Å². The van der Waals surface area contributed by atoms with Gasteiger partial charge < -0.3 is 4.74 Å². The third kappa shape index (κ3) is 3.60. The molecule has 21 heavy (non-hydrogen) atoms. The van der Waals surface area contributed by atoms with Crippen molar-refractivity contribution in [2.45, 2.75) is 26.3 Å². The summed E-state index contributed by atoms with van der Waals surface area (Å²) >= 11 is 0. The Morgan fingerprint density at radius 1 is 1.19 bits per heavy atom. The van der Waals surface area contributed by atoms with Crippen LogP contribution in [0.5, 0.6) is 5.75 Å². The smallest absolute Gasteiger partial charge is 0.124 e. The van der Waals surface area contributed by atoms with Crippen LogP contribution >= 0.6 is 0 Å². The maximum absolute atomic E-state index is 13.0. The van der Waals surface area contributed by atoms with Crippen LogP contribution in [0, 0.1) is 19.7 Å². The topological polar surface area (TPSA) is 47.3 Å². The monoisotopic (exact) mass is 288 g/mol. The highest BCUT2D eigenvalue weighted by molar-refractivity contribution is 5.45. The lowest BCUT2D eigenvalue weighted by atomic mass is 9.93. The molecule has 0 amide bonds. The first-order valence-electron chi connectivity index (χ1n) is 6.91. The Morgan fingerprint density at radius 3 is 2.43 bits per heavy atom. The van der Waals surface area contributed by atoms with Crippen molar-refractivity contribution in [2.75, 3.05) is 7.11 Å². The molecule has 0 aliphatic heterocycles. The van der Waals surface area contributed by atoms with E-state index in [9.17, 15) is 4.39 Å². The van der Waals surface area contributed by atoms with Crippen LogP contribution in [0.2, 0.25) is 0 Å². The predicted molar refractivity (Wildman–Crippen MR) is 82.6 cm³/mol. The molecule has 3 N–H and O–H groups in total. The van der Waals surface area contributed by atoms with Gasteiger partial charge >= 0.3 is 0 Å². The summed E-state index contributed by atoms with van der Waals surface area (Å²) in [5.41, 5.74) is 7.16. The molecule has 0 aliphatic carbocycles. The first-order chi connectivity index (χ1) is 10.0. The number of hydrogen-bond acceptors (Lipinski definition) is 3. The van der Waals surface area contributed by atoms with Crippen LogP contribution in [0.15, 0.2) is 36.4 Å². The molecule has 2 aromatic rings. The van der Waals surface area contributed by atoms with Crippen LogP contribution in [0.25, 0.3) is 0 Å². The first-order valence-corrected chi connectivity index (χ1v) is 6.91. The second-order valence-corrected chi connectivity index (χ2v) is 5.25. The molecule has 0 aromatic heterocycles. The molecule has 2 aromatic carbocycles. The molecule has 0 heterocycles. The summed E-state index contributed by atoms with van der Waals surface area (Å²) in [6.07, 6.45) is 0.664. The Labute approximate surface area is 124 Å². The fraction of sp³-hybridized carbons (Fsp3) is 0.294. The van der Waals surface area contributed by atoms with E-state index in [1.54, 1.807) is 19.2 Å². The van der Waals surface area contributed by atoms with Crippen molar-refractivity contribution in [2.24, 2.45) is 5.84 Å². The Morgan fingerprint density at radius 2 is 1.86 bits per heavy atom. The SMILES string of the molecule is COc1cc(C)cc(C)c1C(Cc1ccc(F)cc1)NN. The number of hydrazine groups is 1. The molecule has 0 saturated carbocycles. The van der Waals surface area contributed by atoms with Crippen molar-refractivity contribution < 1.29 is 9.13 Å². The van der Waals surface area contributed by atoms with E-state index in [-0.39, 0.29) is 11.9 Å². The number of aryl methyl sites for hydroxylation is 2. The van der Waals surface area contributed by atoms with E-state index in [4.69, 9.17) is 10.6 Å². The molecule has 0 fully saturated rings. The summed E-state index contributed by atoms with van der Waals surface area (Å²) in [7, 11) is 1.66. The molecule has 4 heteroatoms. The lowest BCUT2D eigenvalue weighted by Gasteiger charge is -2.22. The molecule has 3 nitrogen and oxygen atoms in total. The summed E-state index contributed by atoms with van der Waals surface area (Å²) in [6, 6.07) is 10.5. The van der Waals surface area contributed by atoms with Gasteiger partial charge in [-0.25, -0.2) is 4.39 Å². The van der Waals surface area contributed by atoms with Gasteiger partial charge in [0.15, 0.2) is 0 Å². The third-order valence-corrected chi connectivity index (χ3v) is 3.62. The van der Waals surface area contributed by atoms with Crippen LogP contribution < -0.4 is 16.0 Å². The normalized spacial score (nSPS) is 12.2. The van der Waals surface area contributed by atoms with Crippen molar-refractivity contribution in [3.8, 4) is 5.75 Å². The summed E-state index contributed by atoms with van der Waals surface area (Å²) in [5, 5.41) is 0. The van der Waals surface area contributed by atoms with E-state index >= 15 is 0 Å². The molecular weight excluding hydrogens is 267 g/mol. The highest BCUT2D eigenvalue weighted by atomic mass is 19.1. The van der Waals surface area contributed by atoms with Crippen LogP contribution in [0.4, 0.5) is 4.39 Å². The van der Waals surface area contributed by atoms with Gasteiger partial charge in [0.05, 0.1) is 13.2 Å². The lowest BCUT2D eigenvalue weighted by Crippen LogP contribution is -2.30. The first kappa shape index (κ1) is 15.5. The van der Waals surface area contributed by atoms with Gasteiger partial charge in [-0.05, 0) is 55.2 Å². The molecular formula is C17H21FN2O. The van der Waals surface area contributed by atoms with E-state index < -0.39 is 0 Å². The molecule has 2 rings (SSSR count). The van der Waals surface area contributed by atoms with Gasteiger partial charge in [-0.15, -0.1) is 0 Å². The largest absolute Gasteiger partial charge is 0.496 e. The maximum Gasteiger partial charge on any atom is 0.124 e. The van der Waals surface area contributed by atoms with Crippen LogP contribution in [0.3, 0.4) is 0 Å². The fourth-order valence-electron chi connectivity index (χ4n) is 2.66. The molecule has 1 atom stereocenters. The van der Waals surface area contributed by atoms with E-state index in [1.807, 2.05) is 19.9 Å². The van der Waals surface area contributed by atoms with Crippen LogP contribution in [0.1, 0.15) is 28.3 Å². The standard InChI is InChI=1S/C17H21FN2O/c1-11-8-12(2)17(16(9-11)21-3)15(20-19)10-13-4-6-14(18)7-5-13/h4-9,15,20H,10,19H2,1-3H3. The zero-order valence-electron chi connectivity index (χ0n) is 12.6. The Hall–Kier alpha value is -1.91. The molecule has 1 unspecified atom stereocenters. The van der Waals surface area contributed by atoms with Crippen molar-refractivity contribution in [1.29, 1.82) is 0 Å².